The van der Waals surface area contributed by atoms with E-state index in [9.17, 15) is 14.4 Å². The van der Waals surface area contributed by atoms with Gasteiger partial charge in [0.05, 0.1) is 13.0 Å². The van der Waals surface area contributed by atoms with Gasteiger partial charge in [-0.3, -0.25) is 14.5 Å². The predicted molar refractivity (Wildman–Crippen MR) is 134 cm³/mol. The number of aryl methyl sites for hydroxylation is 2. The summed E-state index contributed by atoms with van der Waals surface area (Å²) in [5, 5.41) is 2.48. The number of rotatable bonds is 11. The van der Waals surface area contributed by atoms with Crippen LogP contribution < -0.4 is 14.9 Å². The molecule has 1 N–H and O–H groups in total. The predicted octanol–water partition coefficient (Wildman–Crippen LogP) is 4.30. The van der Waals surface area contributed by atoms with Gasteiger partial charge in [0.2, 0.25) is 0 Å². The Bertz CT molecular complexity index is 1080. The number of esters is 1. The molecular formula is C27H36N2O7. The van der Waals surface area contributed by atoms with Crippen molar-refractivity contribution in [3.8, 4) is 11.5 Å². The summed E-state index contributed by atoms with van der Waals surface area (Å²) in [7, 11) is 1.37. The fraction of sp³-hybridized carbons (Fsp3) is 0.481. The molecule has 1 aromatic carbocycles. The van der Waals surface area contributed by atoms with E-state index in [0.29, 0.717) is 0 Å². The highest BCUT2D eigenvalue weighted by Crippen LogP contribution is 2.33. The summed E-state index contributed by atoms with van der Waals surface area (Å²) in [6, 6.07) is 7.68. The maximum Gasteiger partial charge on any atom is 0.357 e. The van der Waals surface area contributed by atoms with Crippen molar-refractivity contribution in [1.29, 1.82) is 0 Å². The number of amides is 1. The number of aromatic nitrogens is 1. The molecule has 0 aliphatic carbocycles. The van der Waals surface area contributed by atoms with Crippen LogP contribution in [-0.2, 0) is 19.2 Å². The molecule has 2 unspecified atom stereocenters. The van der Waals surface area contributed by atoms with Crippen LogP contribution in [0.3, 0.4) is 0 Å². The minimum Gasteiger partial charge on any atom is -0.493 e. The third-order valence-corrected chi connectivity index (χ3v) is 5.70. The van der Waals surface area contributed by atoms with Gasteiger partial charge in [-0.2, -0.15) is 0 Å². The normalized spacial score (nSPS) is 12.6. The molecule has 0 saturated heterocycles. The SMILES string of the molecule is COc1ccnc(C(=O)NCC(=O)OC(C)C(c2ccc(C)cc2C)C(C)C)c1OOC(=O)C(C)C. The lowest BCUT2D eigenvalue weighted by molar-refractivity contribution is -0.218. The number of nitrogens with one attached hydrogen (secondary N) is 1. The van der Waals surface area contributed by atoms with E-state index in [1.165, 1.54) is 24.9 Å². The zero-order chi connectivity index (χ0) is 27.0. The smallest absolute Gasteiger partial charge is 0.357 e. The Kier molecular flexibility index (Phi) is 10.3. The second-order valence-electron chi connectivity index (χ2n) is 9.34. The first-order valence-electron chi connectivity index (χ1n) is 11.9. The Morgan fingerprint density at radius 3 is 2.31 bits per heavy atom. The van der Waals surface area contributed by atoms with Crippen molar-refractivity contribution in [3.63, 3.8) is 0 Å². The molecule has 0 radical (unpaired) electrons. The minimum atomic E-state index is -0.719. The number of nitrogens with zero attached hydrogens (tertiary/aromatic N) is 1. The van der Waals surface area contributed by atoms with Crippen molar-refractivity contribution >= 4 is 17.8 Å². The average Bonchev–Trinajstić information content (AvgIpc) is 2.81. The summed E-state index contributed by atoms with van der Waals surface area (Å²) in [6.45, 7) is 13.0. The highest BCUT2D eigenvalue weighted by Gasteiger charge is 2.28. The molecule has 9 heteroatoms. The van der Waals surface area contributed by atoms with Gasteiger partial charge in [0, 0.05) is 18.2 Å². The first-order chi connectivity index (χ1) is 17.0. The molecule has 0 spiro atoms. The van der Waals surface area contributed by atoms with E-state index in [4.69, 9.17) is 19.2 Å². The van der Waals surface area contributed by atoms with Crippen LogP contribution >= 0.6 is 0 Å². The van der Waals surface area contributed by atoms with Gasteiger partial charge in [0.25, 0.3) is 11.7 Å². The maximum atomic E-state index is 12.8. The van der Waals surface area contributed by atoms with Crippen molar-refractivity contribution in [2.45, 2.75) is 60.5 Å². The van der Waals surface area contributed by atoms with Crippen LogP contribution in [0.2, 0.25) is 0 Å². The van der Waals surface area contributed by atoms with E-state index in [-0.39, 0.29) is 35.6 Å². The first kappa shape index (κ1) is 28.6. The van der Waals surface area contributed by atoms with Gasteiger partial charge in [0.1, 0.15) is 12.6 Å². The molecule has 1 aromatic heterocycles. The van der Waals surface area contributed by atoms with Crippen LogP contribution in [0.5, 0.6) is 11.5 Å². The molecule has 1 amide bonds. The van der Waals surface area contributed by atoms with Gasteiger partial charge in [0.15, 0.2) is 11.4 Å². The van der Waals surface area contributed by atoms with Crippen molar-refractivity contribution in [3.05, 3.63) is 52.8 Å². The summed E-state index contributed by atoms with van der Waals surface area (Å²) < 4.78 is 10.9. The minimum absolute atomic E-state index is 0.0130. The quantitative estimate of drug-likeness (QED) is 0.276. The highest BCUT2D eigenvalue weighted by molar-refractivity contribution is 5.97. The molecule has 0 saturated carbocycles. The standard InChI is InChI=1S/C27H36N2O7/c1-15(2)23(20-10-9-17(5)13-18(20)6)19(7)34-22(30)14-29-26(31)24-25(21(33-8)11-12-28-24)35-36-27(32)16(3)4/h9-13,15-16,19,23H,14H2,1-8H3,(H,29,31). The molecular weight excluding hydrogens is 464 g/mol. The Balaban J connectivity index is 2.08. The fourth-order valence-corrected chi connectivity index (χ4v) is 3.92. The van der Waals surface area contributed by atoms with Crippen LogP contribution in [0.25, 0.3) is 0 Å². The van der Waals surface area contributed by atoms with Crippen LogP contribution in [0, 0.1) is 25.7 Å². The number of benzene rings is 1. The molecule has 196 valence electrons. The summed E-state index contributed by atoms with van der Waals surface area (Å²) >= 11 is 0. The average molecular weight is 501 g/mol. The number of carbonyl (C=O) groups is 3. The van der Waals surface area contributed by atoms with Crippen LogP contribution in [0.15, 0.2) is 30.5 Å². The lowest BCUT2D eigenvalue weighted by atomic mass is 9.82. The number of carbonyl (C=O) groups excluding carboxylic acids is 3. The van der Waals surface area contributed by atoms with Gasteiger partial charge in [-0.05, 0) is 37.8 Å². The first-order valence-corrected chi connectivity index (χ1v) is 11.9. The van der Waals surface area contributed by atoms with Gasteiger partial charge in [-0.25, -0.2) is 14.7 Å². The van der Waals surface area contributed by atoms with Gasteiger partial charge in [-0.1, -0.05) is 51.5 Å². The van der Waals surface area contributed by atoms with Gasteiger partial charge < -0.3 is 14.8 Å². The molecule has 36 heavy (non-hydrogen) atoms. The molecule has 0 bridgehead atoms. The largest absolute Gasteiger partial charge is 0.493 e. The number of methoxy groups -OCH3 is 1. The number of ether oxygens (including phenoxy) is 2. The zero-order valence-corrected chi connectivity index (χ0v) is 22.2. The highest BCUT2D eigenvalue weighted by atomic mass is 17.2. The van der Waals surface area contributed by atoms with Gasteiger partial charge >= 0.3 is 11.9 Å². The number of hydrogen-bond acceptors (Lipinski definition) is 8. The van der Waals surface area contributed by atoms with E-state index in [1.807, 2.05) is 26.8 Å². The molecule has 2 rings (SSSR count). The van der Waals surface area contributed by atoms with E-state index >= 15 is 0 Å². The Morgan fingerprint density at radius 1 is 1.03 bits per heavy atom. The Labute approximate surface area is 212 Å². The lowest BCUT2D eigenvalue weighted by Crippen LogP contribution is -2.35. The van der Waals surface area contributed by atoms with Crippen LogP contribution in [0.1, 0.15) is 67.7 Å². The molecule has 0 fully saturated rings. The molecule has 1 heterocycles. The van der Waals surface area contributed by atoms with Crippen LogP contribution in [0.4, 0.5) is 0 Å². The number of pyridine rings is 1. The van der Waals surface area contributed by atoms with Crippen molar-refractivity contribution in [1.82, 2.24) is 10.3 Å². The van der Waals surface area contributed by atoms with E-state index < -0.39 is 29.9 Å². The molecule has 0 aliphatic rings. The topological polar surface area (TPSA) is 113 Å². The van der Waals surface area contributed by atoms with Crippen molar-refractivity contribution < 1.29 is 33.6 Å². The molecule has 0 aliphatic heterocycles. The van der Waals surface area contributed by atoms with E-state index in [2.05, 4.69) is 36.3 Å². The number of hydrogen-bond donors (Lipinski definition) is 1. The van der Waals surface area contributed by atoms with E-state index in [1.54, 1.807) is 13.8 Å². The third-order valence-electron chi connectivity index (χ3n) is 5.70. The lowest BCUT2D eigenvalue weighted by Gasteiger charge is -2.29. The maximum absolute atomic E-state index is 12.8. The zero-order valence-electron chi connectivity index (χ0n) is 22.2. The fourth-order valence-electron chi connectivity index (χ4n) is 3.92. The third kappa shape index (κ3) is 7.44. The monoisotopic (exact) mass is 500 g/mol. The Hall–Kier alpha value is -3.62. The molecule has 2 atom stereocenters. The van der Waals surface area contributed by atoms with Crippen molar-refractivity contribution in [2.24, 2.45) is 11.8 Å². The van der Waals surface area contributed by atoms with Crippen molar-refractivity contribution in [2.75, 3.05) is 13.7 Å². The summed E-state index contributed by atoms with van der Waals surface area (Å²) in [4.78, 5) is 51.0. The molecule has 2 aromatic rings. The van der Waals surface area contributed by atoms with E-state index in [0.717, 1.165) is 11.1 Å². The summed E-state index contributed by atoms with van der Waals surface area (Å²) in [5.41, 5.74) is 3.22. The molecule has 9 nitrogen and oxygen atoms in total. The second kappa shape index (κ2) is 12.9. The summed E-state index contributed by atoms with van der Waals surface area (Å²) in [5.74, 6) is -2.22. The second-order valence-corrected chi connectivity index (χ2v) is 9.34. The van der Waals surface area contributed by atoms with Gasteiger partial charge in [-0.15, -0.1) is 0 Å². The summed E-state index contributed by atoms with van der Waals surface area (Å²) in [6.07, 6.45) is 0.919. The van der Waals surface area contributed by atoms with Crippen LogP contribution in [-0.4, -0.2) is 42.6 Å². The Morgan fingerprint density at radius 2 is 1.72 bits per heavy atom.